The van der Waals surface area contributed by atoms with Crippen molar-refractivity contribution in [2.45, 2.75) is 30.8 Å². The molecule has 0 radical (unpaired) electrons. The number of ether oxygens (including phenoxy) is 3. The van der Waals surface area contributed by atoms with Crippen molar-refractivity contribution >= 4 is 51.2 Å². The van der Waals surface area contributed by atoms with E-state index in [-0.39, 0.29) is 6.61 Å². The van der Waals surface area contributed by atoms with Crippen LogP contribution in [0.25, 0.3) is 0 Å². The molecular weight excluding hydrogens is 580 g/mol. The lowest BCUT2D eigenvalue weighted by atomic mass is 9.95. The van der Waals surface area contributed by atoms with E-state index in [1.807, 2.05) is 50.2 Å². The number of halogens is 2. The Kier molecular flexibility index (Phi) is 8.83. The zero-order valence-electron chi connectivity index (χ0n) is 20.6. The molecule has 2 heterocycles. The van der Waals surface area contributed by atoms with Crippen molar-refractivity contribution in [3.05, 3.63) is 80.9 Å². The third-order valence-corrected chi connectivity index (χ3v) is 7.40. The number of carbonyl (C=O) groups is 1. The van der Waals surface area contributed by atoms with Crippen LogP contribution in [0.5, 0.6) is 11.5 Å². The molecule has 194 valence electrons. The molecule has 37 heavy (non-hydrogen) atoms. The number of aromatic nitrogens is 3. The summed E-state index contributed by atoms with van der Waals surface area (Å²) in [7, 11) is 1.57. The van der Waals surface area contributed by atoms with Gasteiger partial charge in [0, 0.05) is 16.5 Å². The lowest BCUT2D eigenvalue weighted by molar-refractivity contribution is -0.138. The normalized spacial score (nSPS) is 14.6. The Hall–Kier alpha value is -2.95. The Morgan fingerprint density at radius 3 is 2.84 bits per heavy atom. The van der Waals surface area contributed by atoms with E-state index in [0.29, 0.717) is 55.7 Å². The lowest BCUT2D eigenvalue weighted by Gasteiger charge is -2.28. The number of benzene rings is 2. The number of rotatable bonds is 10. The van der Waals surface area contributed by atoms with Crippen LogP contribution in [0.1, 0.15) is 31.0 Å². The van der Waals surface area contributed by atoms with Gasteiger partial charge in [0.2, 0.25) is 11.1 Å². The van der Waals surface area contributed by atoms with E-state index < -0.39 is 12.0 Å². The minimum Gasteiger partial charge on any atom is -0.493 e. The topological polar surface area (TPSA) is 87.5 Å². The van der Waals surface area contributed by atoms with E-state index in [0.717, 1.165) is 11.1 Å². The number of thioether (sulfide) groups is 1. The predicted octanol–water partition coefficient (Wildman–Crippen LogP) is 6.41. The molecule has 4 rings (SSSR count). The molecule has 1 atom stereocenters. The first-order valence-electron chi connectivity index (χ1n) is 11.5. The monoisotopic (exact) mass is 604 g/mol. The van der Waals surface area contributed by atoms with E-state index in [4.69, 9.17) is 30.9 Å². The predicted molar refractivity (Wildman–Crippen MR) is 149 cm³/mol. The van der Waals surface area contributed by atoms with E-state index in [2.05, 4.69) is 32.8 Å². The maximum absolute atomic E-state index is 13.2. The number of esters is 1. The standard InChI is InChI=1S/C26H26BrClN4O4S/c1-5-11-36-24(33)21-15(3)29-25-30-26(37-14-16-9-7-8-10-19(16)28)31-32(25)22(21)17-12-18(27)23(35-6-2)20(13-17)34-4/h5,7-10,12-13,22H,1,6,11,14H2,2-4H3,(H,29,30,31). The molecule has 0 spiro atoms. The van der Waals surface area contributed by atoms with Crippen molar-refractivity contribution in [1.29, 1.82) is 0 Å². The van der Waals surface area contributed by atoms with E-state index in [9.17, 15) is 4.79 Å². The minimum absolute atomic E-state index is 0.0851. The summed E-state index contributed by atoms with van der Waals surface area (Å²) in [6.45, 7) is 7.91. The van der Waals surface area contributed by atoms with Gasteiger partial charge in [-0.2, -0.15) is 4.98 Å². The smallest absolute Gasteiger partial charge is 0.338 e. The third-order valence-electron chi connectivity index (χ3n) is 5.56. The molecular formula is C26H26BrClN4O4S. The molecule has 2 aromatic carbocycles. The molecule has 1 aromatic heterocycles. The molecule has 0 aliphatic carbocycles. The van der Waals surface area contributed by atoms with Gasteiger partial charge in [-0.3, -0.25) is 0 Å². The van der Waals surface area contributed by atoms with E-state index >= 15 is 0 Å². The second kappa shape index (κ2) is 12.1. The second-order valence-corrected chi connectivity index (χ2v) is 10.2. The number of anilines is 1. The molecule has 1 aliphatic rings. The summed E-state index contributed by atoms with van der Waals surface area (Å²) >= 11 is 11.4. The van der Waals surface area contributed by atoms with E-state index in [1.165, 1.54) is 17.8 Å². The lowest BCUT2D eigenvalue weighted by Crippen LogP contribution is -2.29. The molecule has 0 saturated carbocycles. The quantitative estimate of drug-likeness (QED) is 0.161. The molecule has 0 saturated heterocycles. The van der Waals surface area contributed by atoms with Gasteiger partial charge >= 0.3 is 5.97 Å². The number of methoxy groups -OCH3 is 1. The van der Waals surface area contributed by atoms with Crippen molar-refractivity contribution in [3.63, 3.8) is 0 Å². The number of allylic oxidation sites excluding steroid dienone is 1. The van der Waals surface area contributed by atoms with Crippen LogP contribution in [0, 0.1) is 0 Å². The second-order valence-electron chi connectivity index (χ2n) is 7.96. The summed E-state index contributed by atoms with van der Waals surface area (Å²) < 4.78 is 19.2. The summed E-state index contributed by atoms with van der Waals surface area (Å²) in [5.74, 6) is 1.72. The first-order valence-corrected chi connectivity index (χ1v) is 13.6. The Morgan fingerprint density at radius 1 is 1.35 bits per heavy atom. The van der Waals surface area contributed by atoms with Crippen LogP contribution < -0.4 is 14.8 Å². The maximum atomic E-state index is 13.2. The van der Waals surface area contributed by atoms with Crippen molar-refractivity contribution in [2.24, 2.45) is 0 Å². The highest BCUT2D eigenvalue weighted by Gasteiger charge is 2.36. The van der Waals surface area contributed by atoms with Gasteiger partial charge in [0.15, 0.2) is 11.5 Å². The van der Waals surface area contributed by atoms with Crippen LogP contribution in [0.3, 0.4) is 0 Å². The van der Waals surface area contributed by atoms with Gasteiger partial charge in [-0.25, -0.2) is 9.48 Å². The average molecular weight is 606 g/mol. The summed E-state index contributed by atoms with van der Waals surface area (Å²) in [5, 5.41) is 9.19. The number of carbonyl (C=O) groups excluding carboxylic acids is 1. The van der Waals surface area contributed by atoms with Crippen LogP contribution in [-0.2, 0) is 15.3 Å². The van der Waals surface area contributed by atoms with Crippen LogP contribution in [0.2, 0.25) is 5.02 Å². The van der Waals surface area contributed by atoms with Gasteiger partial charge < -0.3 is 19.5 Å². The number of hydrogen-bond acceptors (Lipinski definition) is 8. The average Bonchev–Trinajstić information content (AvgIpc) is 3.29. The highest BCUT2D eigenvalue weighted by Crippen LogP contribution is 2.43. The van der Waals surface area contributed by atoms with Gasteiger partial charge in [-0.1, -0.05) is 54.2 Å². The molecule has 1 N–H and O–H groups in total. The number of fused-ring (bicyclic) bond motifs is 1. The molecule has 11 heteroatoms. The van der Waals surface area contributed by atoms with Gasteiger partial charge in [-0.15, -0.1) is 5.10 Å². The molecule has 1 unspecified atom stereocenters. The molecule has 0 fully saturated rings. The fourth-order valence-electron chi connectivity index (χ4n) is 3.92. The summed E-state index contributed by atoms with van der Waals surface area (Å²) in [5.41, 5.74) is 2.74. The molecule has 0 bridgehead atoms. The van der Waals surface area contributed by atoms with E-state index in [1.54, 1.807) is 11.8 Å². The number of nitrogens with zero attached hydrogens (tertiary/aromatic N) is 3. The van der Waals surface area contributed by atoms with Crippen molar-refractivity contribution < 1.29 is 19.0 Å². The Labute approximate surface area is 233 Å². The minimum atomic E-state index is -0.628. The Bertz CT molecular complexity index is 1360. The summed E-state index contributed by atoms with van der Waals surface area (Å²) in [6.07, 6.45) is 1.53. The summed E-state index contributed by atoms with van der Waals surface area (Å²) in [4.78, 5) is 17.9. The van der Waals surface area contributed by atoms with Crippen LogP contribution in [-0.4, -0.2) is 41.1 Å². The molecule has 0 amide bonds. The van der Waals surface area contributed by atoms with Crippen molar-refractivity contribution in [2.75, 3.05) is 25.6 Å². The van der Waals surface area contributed by atoms with Gasteiger partial charge in [-0.05, 0) is 59.1 Å². The van der Waals surface area contributed by atoms with Gasteiger partial charge in [0.1, 0.15) is 12.6 Å². The molecule has 1 aliphatic heterocycles. The zero-order chi connectivity index (χ0) is 26.5. The number of hydrogen-bond donors (Lipinski definition) is 1. The highest BCUT2D eigenvalue weighted by atomic mass is 79.9. The zero-order valence-corrected chi connectivity index (χ0v) is 23.7. The van der Waals surface area contributed by atoms with Crippen molar-refractivity contribution in [3.8, 4) is 11.5 Å². The van der Waals surface area contributed by atoms with Crippen LogP contribution >= 0.6 is 39.3 Å². The SMILES string of the molecule is C=CCOC(=O)C1=C(C)Nc2nc(SCc3ccccc3Cl)nn2C1c1cc(Br)c(OCC)c(OC)c1. The Balaban J connectivity index is 1.77. The first kappa shape index (κ1) is 27.1. The van der Waals surface area contributed by atoms with Crippen LogP contribution in [0.15, 0.2) is 70.0 Å². The fourth-order valence-corrected chi connectivity index (χ4v) is 5.61. The first-order chi connectivity index (χ1) is 17.9. The highest BCUT2D eigenvalue weighted by molar-refractivity contribution is 9.10. The van der Waals surface area contributed by atoms with Gasteiger partial charge in [0.05, 0.1) is 23.8 Å². The van der Waals surface area contributed by atoms with Crippen LogP contribution in [0.4, 0.5) is 5.95 Å². The van der Waals surface area contributed by atoms with Crippen molar-refractivity contribution in [1.82, 2.24) is 14.8 Å². The number of nitrogens with one attached hydrogen (secondary N) is 1. The largest absolute Gasteiger partial charge is 0.493 e. The summed E-state index contributed by atoms with van der Waals surface area (Å²) in [6, 6.07) is 10.7. The maximum Gasteiger partial charge on any atom is 0.338 e. The fraction of sp³-hybridized carbons (Fsp3) is 0.269. The Morgan fingerprint density at radius 2 is 2.14 bits per heavy atom. The van der Waals surface area contributed by atoms with Gasteiger partial charge in [0.25, 0.3) is 0 Å². The molecule has 3 aromatic rings. The third kappa shape index (κ3) is 5.81. The molecule has 8 nitrogen and oxygen atoms in total.